The highest BCUT2D eigenvalue weighted by molar-refractivity contribution is 7.99. The average molecular weight is 282 g/mol. The van der Waals surface area contributed by atoms with Crippen molar-refractivity contribution in [2.75, 3.05) is 12.4 Å². The lowest BCUT2D eigenvalue weighted by Crippen LogP contribution is -2.20. The highest BCUT2D eigenvalue weighted by atomic mass is 32.2. The molecule has 1 aromatic rings. The minimum absolute atomic E-state index is 0.172. The zero-order valence-corrected chi connectivity index (χ0v) is 13.5. The quantitative estimate of drug-likeness (QED) is 0.803. The number of hydrogen-bond donors (Lipinski definition) is 1. The topological polar surface area (TPSA) is 29.5 Å². The number of rotatable bonds is 6. The van der Waals surface area contributed by atoms with Crippen molar-refractivity contribution in [1.29, 1.82) is 0 Å². The molecule has 0 aliphatic heterocycles. The highest BCUT2D eigenvalue weighted by Crippen LogP contribution is 2.25. The Morgan fingerprint density at radius 1 is 1.16 bits per heavy atom. The van der Waals surface area contributed by atoms with Crippen molar-refractivity contribution < 1.29 is 9.84 Å². The van der Waals surface area contributed by atoms with Crippen LogP contribution in [0, 0.1) is 0 Å². The van der Waals surface area contributed by atoms with Gasteiger partial charge in [-0.3, -0.25) is 0 Å². The van der Waals surface area contributed by atoms with E-state index < -0.39 is 6.10 Å². The number of aliphatic hydroxyl groups is 1. The van der Waals surface area contributed by atoms with Crippen LogP contribution in [-0.4, -0.2) is 29.7 Å². The zero-order valence-electron chi connectivity index (χ0n) is 12.6. The fraction of sp³-hybridized carbons (Fsp3) is 0.625. The van der Waals surface area contributed by atoms with Gasteiger partial charge in [-0.2, -0.15) is 0 Å². The zero-order chi connectivity index (χ0) is 14.5. The third kappa shape index (κ3) is 6.46. The van der Waals surface area contributed by atoms with Crippen LogP contribution in [0.25, 0.3) is 0 Å². The Bertz CT molecular complexity index is 365. The van der Waals surface area contributed by atoms with Gasteiger partial charge in [-0.15, -0.1) is 11.8 Å². The molecule has 3 heteroatoms. The molecule has 19 heavy (non-hydrogen) atoms. The fourth-order valence-electron chi connectivity index (χ4n) is 1.60. The molecule has 0 fully saturated rings. The Morgan fingerprint density at radius 3 is 2.21 bits per heavy atom. The van der Waals surface area contributed by atoms with Crippen LogP contribution in [0.1, 0.15) is 40.2 Å². The third-order valence-electron chi connectivity index (χ3n) is 2.78. The first-order valence-electron chi connectivity index (χ1n) is 6.82. The van der Waals surface area contributed by atoms with Gasteiger partial charge in [0.1, 0.15) is 0 Å². The molecule has 0 aliphatic rings. The summed E-state index contributed by atoms with van der Waals surface area (Å²) in [5.74, 6) is 0.668. The van der Waals surface area contributed by atoms with Crippen LogP contribution in [0.3, 0.4) is 0 Å². The van der Waals surface area contributed by atoms with E-state index in [1.54, 1.807) is 11.8 Å². The molecule has 1 rings (SSSR count). The molecule has 0 radical (unpaired) electrons. The third-order valence-corrected chi connectivity index (χ3v) is 3.94. The van der Waals surface area contributed by atoms with Crippen molar-refractivity contribution in [2.24, 2.45) is 0 Å². The van der Waals surface area contributed by atoms with E-state index >= 15 is 0 Å². The van der Waals surface area contributed by atoms with Crippen LogP contribution in [0.15, 0.2) is 29.2 Å². The lowest BCUT2D eigenvalue weighted by molar-refractivity contribution is 0.0152. The molecule has 0 amide bonds. The van der Waals surface area contributed by atoms with Gasteiger partial charge in [-0.1, -0.05) is 32.9 Å². The summed E-state index contributed by atoms with van der Waals surface area (Å²) in [5.41, 5.74) is 1.52. The smallest absolute Gasteiger partial charge is 0.0867 e. The Labute approximate surface area is 121 Å². The van der Waals surface area contributed by atoms with Crippen molar-refractivity contribution in [1.82, 2.24) is 0 Å². The van der Waals surface area contributed by atoms with Gasteiger partial charge in [0.05, 0.1) is 18.8 Å². The molecule has 0 aliphatic carbocycles. The molecule has 0 bridgehead atoms. The second kappa shape index (κ2) is 7.32. The molecule has 1 N–H and O–H groups in total. The van der Waals surface area contributed by atoms with Crippen LogP contribution < -0.4 is 0 Å². The normalized spacial score (nSPS) is 13.8. The van der Waals surface area contributed by atoms with E-state index in [9.17, 15) is 5.11 Å². The van der Waals surface area contributed by atoms with Crippen molar-refractivity contribution in [3.63, 3.8) is 0 Å². The summed E-state index contributed by atoms with van der Waals surface area (Å²) in [6.45, 7) is 11.0. The summed E-state index contributed by atoms with van der Waals surface area (Å²) in [6, 6.07) is 8.58. The molecule has 1 atom stereocenters. The predicted octanol–water partition coefficient (Wildman–Crippen LogP) is 3.86. The Balaban J connectivity index is 2.42. The largest absolute Gasteiger partial charge is 0.390 e. The van der Waals surface area contributed by atoms with Gasteiger partial charge in [0.2, 0.25) is 0 Å². The van der Waals surface area contributed by atoms with Crippen molar-refractivity contribution in [3.05, 3.63) is 29.8 Å². The first-order chi connectivity index (χ1) is 8.79. The minimum atomic E-state index is -0.408. The number of ether oxygens (including phenoxy) is 1. The maximum atomic E-state index is 9.80. The van der Waals surface area contributed by atoms with Crippen molar-refractivity contribution in [3.8, 4) is 0 Å². The van der Waals surface area contributed by atoms with E-state index in [-0.39, 0.29) is 11.5 Å². The first kappa shape index (κ1) is 16.5. The van der Waals surface area contributed by atoms with E-state index in [1.165, 1.54) is 10.5 Å². The van der Waals surface area contributed by atoms with E-state index in [1.807, 2.05) is 13.8 Å². The van der Waals surface area contributed by atoms with Gasteiger partial charge >= 0.3 is 0 Å². The summed E-state index contributed by atoms with van der Waals surface area (Å²) in [5, 5.41) is 9.80. The van der Waals surface area contributed by atoms with Crippen LogP contribution >= 0.6 is 11.8 Å². The van der Waals surface area contributed by atoms with Crippen LogP contribution in [0.2, 0.25) is 0 Å². The van der Waals surface area contributed by atoms with E-state index in [0.717, 1.165) is 0 Å². The molecule has 0 spiro atoms. The fourth-order valence-corrected chi connectivity index (χ4v) is 2.40. The summed E-state index contributed by atoms with van der Waals surface area (Å²) >= 11 is 1.67. The summed E-state index contributed by atoms with van der Waals surface area (Å²) in [4.78, 5) is 1.19. The molecule has 2 nitrogen and oxygen atoms in total. The lowest BCUT2D eigenvalue weighted by atomic mass is 9.87. The molecule has 0 heterocycles. The molecule has 108 valence electrons. The van der Waals surface area contributed by atoms with Gasteiger partial charge in [0.25, 0.3) is 0 Å². The summed E-state index contributed by atoms with van der Waals surface area (Å²) < 4.78 is 5.39. The predicted molar refractivity (Wildman–Crippen MR) is 83.0 cm³/mol. The molecular formula is C16H26O2S. The molecular weight excluding hydrogens is 256 g/mol. The number of aliphatic hydroxyl groups excluding tert-OH is 1. The van der Waals surface area contributed by atoms with Gasteiger partial charge < -0.3 is 9.84 Å². The first-order valence-corrected chi connectivity index (χ1v) is 7.80. The van der Waals surface area contributed by atoms with Gasteiger partial charge in [-0.05, 0) is 37.0 Å². The Morgan fingerprint density at radius 2 is 1.74 bits per heavy atom. The van der Waals surface area contributed by atoms with Crippen molar-refractivity contribution >= 4 is 11.8 Å². The monoisotopic (exact) mass is 282 g/mol. The number of hydrogen-bond acceptors (Lipinski definition) is 3. The lowest BCUT2D eigenvalue weighted by Gasteiger charge is -2.19. The van der Waals surface area contributed by atoms with Crippen LogP contribution in [0.5, 0.6) is 0 Å². The minimum Gasteiger partial charge on any atom is -0.390 e. The standard InChI is InChI=1S/C16H26O2S/c1-12(2)18-10-14(17)11-19-15-8-6-13(7-9-15)16(3,4)5/h6-9,12,14,17H,10-11H2,1-5H3. The SMILES string of the molecule is CC(C)OCC(O)CSc1ccc(C(C)(C)C)cc1. The van der Waals surface area contributed by atoms with E-state index in [2.05, 4.69) is 45.0 Å². The van der Waals surface area contributed by atoms with Gasteiger partial charge in [0.15, 0.2) is 0 Å². The van der Waals surface area contributed by atoms with Gasteiger partial charge in [-0.25, -0.2) is 0 Å². The Kier molecular flexibility index (Phi) is 6.37. The Hall–Kier alpha value is -0.510. The molecule has 0 saturated heterocycles. The second-order valence-corrected chi connectivity index (χ2v) is 7.21. The molecule has 1 aromatic carbocycles. The van der Waals surface area contributed by atoms with Crippen molar-refractivity contribution in [2.45, 2.75) is 57.1 Å². The molecule has 1 unspecified atom stereocenters. The average Bonchev–Trinajstić information content (AvgIpc) is 2.33. The molecule has 0 aromatic heterocycles. The van der Waals surface area contributed by atoms with Gasteiger partial charge in [0, 0.05) is 10.6 Å². The maximum absolute atomic E-state index is 9.80. The van der Waals surface area contributed by atoms with E-state index in [0.29, 0.717) is 12.4 Å². The second-order valence-electron chi connectivity index (χ2n) is 6.12. The van der Waals surface area contributed by atoms with Crippen LogP contribution in [-0.2, 0) is 10.2 Å². The summed E-state index contributed by atoms with van der Waals surface area (Å²) in [6.07, 6.45) is -0.236. The maximum Gasteiger partial charge on any atom is 0.0867 e. The van der Waals surface area contributed by atoms with Crippen LogP contribution in [0.4, 0.5) is 0 Å². The molecule has 0 saturated carbocycles. The van der Waals surface area contributed by atoms with E-state index in [4.69, 9.17) is 4.74 Å². The summed E-state index contributed by atoms with van der Waals surface area (Å²) in [7, 11) is 0. The number of benzene rings is 1. The number of thioether (sulfide) groups is 1. The highest BCUT2D eigenvalue weighted by Gasteiger charge is 2.13.